The Labute approximate surface area is 151 Å². The van der Waals surface area contributed by atoms with Gasteiger partial charge in [-0.2, -0.15) is 0 Å². The van der Waals surface area contributed by atoms with E-state index in [0.29, 0.717) is 12.3 Å². The molecule has 2 aromatic carbocycles. The molecule has 0 amide bonds. The van der Waals surface area contributed by atoms with Crippen LogP contribution in [0.3, 0.4) is 0 Å². The molecular formula is C20H20N4O2. The molecule has 1 N–H and O–H groups in total. The van der Waals surface area contributed by atoms with E-state index < -0.39 is 6.10 Å². The molecule has 4 rings (SSSR count). The summed E-state index contributed by atoms with van der Waals surface area (Å²) in [6.07, 6.45) is 4.42. The standard InChI is InChI=1S/C20H20N4O2/c1-13-7-19-20(8-14(13)2)24(12-23-19)10-15(25)11-26-16-3-4-17-18(9-16)22-6-5-21-17/h3-9,12,15,25H,10-11H2,1-2H3. The van der Waals surface area contributed by atoms with E-state index >= 15 is 0 Å². The first-order chi connectivity index (χ1) is 12.6. The molecular weight excluding hydrogens is 328 g/mol. The molecule has 0 aliphatic heterocycles. The van der Waals surface area contributed by atoms with Crippen LogP contribution in [0.2, 0.25) is 0 Å². The number of aromatic nitrogens is 4. The Balaban J connectivity index is 1.45. The maximum Gasteiger partial charge on any atom is 0.121 e. The summed E-state index contributed by atoms with van der Waals surface area (Å²) in [6.45, 7) is 4.77. The van der Waals surface area contributed by atoms with Gasteiger partial charge in [-0.1, -0.05) is 0 Å². The Morgan fingerprint density at radius 1 is 0.962 bits per heavy atom. The molecule has 0 radical (unpaired) electrons. The molecule has 2 heterocycles. The Hall–Kier alpha value is -2.99. The van der Waals surface area contributed by atoms with Gasteiger partial charge in [0, 0.05) is 18.5 Å². The van der Waals surface area contributed by atoms with Crippen molar-refractivity contribution in [2.45, 2.75) is 26.5 Å². The minimum atomic E-state index is -0.647. The molecule has 1 unspecified atom stereocenters. The normalized spacial score (nSPS) is 12.6. The molecule has 0 bridgehead atoms. The number of benzene rings is 2. The first-order valence-electron chi connectivity index (χ1n) is 8.54. The van der Waals surface area contributed by atoms with E-state index in [4.69, 9.17) is 4.74 Å². The largest absolute Gasteiger partial charge is 0.491 e. The summed E-state index contributed by atoms with van der Waals surface area (Å²) in [5, 5.41) is 10.4. The van der Waals surface area contributed by atoms with E-state index in [-0.39, 0.29) is 6.61 Å². The third kappa shape index (κ3) is 3.23. The summed E-state index contributed by atoms with van der Waals surface area (Å²) < 4.78 is 7.69. The van der Waals surface area contributed by atoms with Crippen LogP contribution in [-0.4, -0.2) is 37.3 Å². The van der Waals surface area contributed by atoms with E-state index in [0.717, 1.165) is 22.1 Å². The first kappa shape index (κ1) is 16.5. The summed E-state index contributed by atoms with van der Waals surface area (Å²) in [5.74, 6) is 0.666. The fourth-order valence-electron chi connectivity index (χ4n) is 2.96. The number of hydrogen-bond donors (Lipinski definition) is 1. The number of hydrogen-bond acceptors (Lipinski definition) is 5. The Kier molecular flexibility index (Phi) is 4.26. The van der Waals surface area contributed by atoms with Crippen molar-refractivity contribution in [1.29, 1.82) is 0 Å². The van der Waals surface area contributed by atoms with Gasteiger partial charge < -0.3 is 14.4 Å². The second kappa shape index (κ2) is 6.72. The zero-order valence-electron chi connectivity index (χ0n) is 14.8. The Morgan fingerprint density at radius 3 is 2.58 bits per heavy atom. The van der Waals surface area contributed by atoms with Crippen molar-refractivity contribution in [1.82, 2.24) is 19.5 Å². The first-order valence-corrected chi connectivity index (χ1v) is 8.54. The molecule has 0 fully saturated rings. The number of fused-ring (bicyclic) bond motifs is 2. The number of rotatable bonds is 5. The highest BCUT2D eigenvalue weighted by Gasteiger charge is 2.11. The van der Waals surface area contributed by atoms with Crippen molar-refractivity contribution in [2.24, 2.45) is 0 Å². The number of aliphatic hydroxyl groups is 1. The highest BCUT2D eigenvalue weighted by atomic mass is 16.5. The zero-order chi connectivity index (χ0) is 18.1. The molecule has 0 aliphatic rings. The van der Waals surface area contributed by atoms with Crippen molar-refractivity contribution in [3.63, 3.8) is 0 Å². The summed E-state index contributed by atoms with van der Waals surface area (Å²) in [4.78, 5) is 12.9. The molecule has 132 valence electrons. The molecule has 6 heteroatoms. The minimum absolute atomic E-state index is 0.191. The van der Waals surface area contributed by atoms with Crippen molar-refractivity contribution >= 4 is 22.1 Å². The van der Waals surface area contributed by atoms with Gasteiger partial charge in [0.1, 0.15) is 18.5 Å². The number of nitrogens with zero attached hydrogens (tertiary/aromatic N) is 4. The lowest BCUT2D eigenvalue weighted by Gasteiger charge is -2.14. The summed E-state index contributed by atoms with van der Waals surface area (Å²) in [6, 6.07) is 9.70. The fourth-order valence-corrected chi connectivity index (χ4v) is 2.96. The lowest BCUT2D eigenvalue weighted by atomic mass is 10.1. The topological polar surface area (TPSA) is 73.1 Å². The summed E-state index contributed by atoms with van der Waals surface area (Å²) in [5.41, 5.74) is 5.97. The number of aliphatic hydroxyl groups excluding tert-OH is 1. The second-order valence-electron chi connectivity index (χ2n) is 6.49. The lowest BCUT2D eigenvalue weighted by Crippen LogP contribution is -2.23. The van der Waals surface area contributed by atoms with Gasteiger partial charge in [0.2, 0.25) is 0 Å². The van der Waals surface area contributed by atoms with Crippen LogP contribution in [0.25, 0.3) is 22.1 Å². The minimum Gasteiger partial charge on any atom is -0.491 e. The monoisotopic (exact) mass is 348 g/mol. The predicted molar refractivity (Wildman–Crippen MR) is 100 cm³/mol. The van der Waals surface area contributed by atoms with Gasteiger partial charge in [0.15, 0.2) is 0 Å². The number of aryl methyl sites for hydroxylation is 2. The fraction of sp³-hybridized carbons (Fsp3) is 0.250. The van der Waals surface area contributed by atoms with Gasteiger partial charge in [-0.3, -0.25) is 9.97 Å². The number of imidazole rings is 1. The van der Waals surface area contributed by atoms with Crippen LogP contribution in [0, 0.1) is 13.8 Å². The van der Waals surface area contributed by atoms with E-state index in [2.05, 4.69) is 40.9 Å². The highest BCUT2D eigenvalue weighted by molar-refractivity contribution is 5.77. The van der Waals surface area contributed by atoms with Gasteiger partial charge in [0.25, 0.3) is 0 Å². The quantitative estimate of drug-likeness (QED) is 0.600. The molecule has 26 heavy (non-hydrogen) atoms. The van der Waals surface area contributed by atoms with Crippen LogP contribution in [0.4, 0.5) is 0 Å². The van der Waals surface area contributed by atoms with E-state index in [9.17, 15) is 5.11 Å². The van der Waals surface area contributed by atoms with Gasteiger partial charge in [0.05, 0.1) is 34.9 Å². The highest BCUT2D eigenvalue weighted by Crippen LogP contribution is 2.20. The average molecular weight is 348 g/mol. The van der Waals surface area contributed by atoms with Crippen LogP contribution in [-0.2, 0) is 6.54 Å². The summed E-state index contributed by atoms with van der Waals surface area (Å²) in [7, 11) is 0. The van der Waals surface area contributed by atoms with E-state index in [1.807, 2.05) is 22.8 Å². The lowest BCUT2D eigenvalue weighted by molar-refractivity contribution is 0.0935. The second-order valence-corrected chi connectivity index (χ2v) is 6.49. The smallest absolute Gasteiger partial charge is 0.121 e. The summed E-state index contributed by atoms with van der Waals surface area (Å²) >= 11 is 0. The van der Waals surface area contributed by atoms with E-state index in [1.54, 1.807) is 18.7 Å². The van der Waals surface area contributed by atoms with Crippen LogP contribution >= 0.6 is 0 Å². The Bertz CT molecular complexity index is 1070. The predicted octanol–water partition coefficient (Wildman–Crippen LogP) is 3.04. The SMILES string of the molecule is Cc1cc2ncn(CC(O)COc3ccc4nccnc4c3)c2cc1C. The molecule has 1 atom stereocenters. The maximum absolute atomic E-state index is 10.4. The van der Waals surface area contributed by atoms with E-state index in [1.165, 1.54) is 11.1 Å². The Morgan fingerprint density at radius 2 is 1.73 bits per heavy atom. The molecule has 4 aromatic rings. The number of ether oxygens (including phenoxy) is 1. The van der Waals surface area contributed by atoms with Crippen molar-refractivity contribution < 1.29 is 9.84 Å². The van der Waals surface area contributed by atoms with Crippen molar-refractivity contribution in [2.75, 3.05) is 6.61 Å². The van der Waals surface area contributed by atoms with Gasteiger partial charge in [-0.15, -0.1) is 0 Å². The van der Waals surface area contributed by atoms with Gasteiger partial charge >= 0.3 is 0 Å². The van der Waals surface area contributed by atoms with Gasteiger partial charge in [-0.25, -0.2) is 4.98 Å². The molecule has 0 spiro atoms. The van der Waals surface area contributed by atoms with Gasteiger partial charge in [-0.05, 0) is 49.2 Å². The third-order valence-electron chi connectivity index (χ3n) is 4.53. The van der Waals surface area contributed by atoms with Crippen LogP contribution in [0.15, 0.2) is 49.1 Å². The van der Waals surface area contributed by atoms with Crippen molar-refractivity contribution in [3.8, 4) is 5.75 Å². The molecule has 0 saturated heterocycles. The molecule has 0 aliphatic carbocycles. The molecule has 0 saturated carbocycles. The zero-order valence-corrected chi connectivity index (χ0v) is 14.8. The van der Waals surface area contributed by atoms with Crippen LogP contribution in [0.5, 0.6) is 5.75 Å². The van der Waals surface area contributed by atoms with Crippen LogP contribution < -0.4 is 4.74 Å². The van der Waals surface area contributed by atoms with Crippen molar-refractivity contribution in [3.05, 3.63) is 60.2 Å². The maximum atomic E-state index is 10.4. The van der Waals surface area contributed by atoms with Crippen LogP contribution in [0.1, 0.15) is 11.1 Å². The molecule has 2 aromatic heterocycles. The average Bonchev–Trinajstić information content (AvgIpc) is 3.02. The molecule has 6 nitrogen and oxygen atoms in total. The third-order valence-corrected chi connectivity index (χ3v) is 4.53.